The minimum absolute atomic E-state index is 0.0196. The summed E-state index contributed by atoms with van der Waals surface area (Å²) in [5.74, 6) is -0.105. The molecule has 4 saturated heterocycles. The molecule has 4 aliphatic rings. The first-order chi connectivity index (χ1) is 16.9. The van der Waals surface area contributed by atoms with Crippen molar-refractivity contribution in [3.8, 4) is 0 Å². The van der Waals surface area contributed by atoms with Crippen molar-refractivity contribution >= 4 is 23.6 Å². The van der Waals surface area contributed by atoms with E-state index in [1.54, 1.807) is 18.3 Å². The fourth-order valence-electron chi connectivity index (χ4n) is 6.12. The van der Waals surface area contributed by atoms with Gasteiger partial charge in [0.25, 0.3) is 5.91 Å². The lowest BCUT2D eigenvalue weighted by molar-refractivity contribution is -0.168. The van der Waals surface area contributed by atoms with Gasteiger partial charge in [-0.3, -0.25) is 19.2 Å². The van der Waals surface area contributed by atoms with Gasteiger partial charge < -0.3 is 29.7 Å². The minimum Gasteiger partial charge on any atom is -0.369 e. The first kappa shape index (κ1) is 23.8. The molecule has 10 nitrogen and oxygen atoms in total. The molecule has 1 aromatic heterocycles. The van der Waals surface area contributed by atoms with E-state index in [9.17, 15) is 19.2 Å². The van der Waals surface area contributed by atoms with Gasteiger partial charge in [0.1, 0.15) is 11.3 Å². The lowest BCUT2D eigenvalue weighted by atomic mass is 9.87. The zero-order chi connectivity index (χ0) is 24.4. The van der Waals surface area contributed by atoms with Crippen LogP contribution in [-0.2, 0) is 19.1 Å². The Balaban J connectivity index is 1.14. The van der Waals surface area contributed by atoms with Crippen LogP contribution in [0, 0.1) is 5.92 Å². The highest BCUT2D eigenvalue weighted by Gasteiger charge is 2.45. The van der Waals surface area contributed by atoms with Gasteiger partial charge >= 0.3 is 0 Å². The predicted molar refractivity (Wildman–Crippen MR) is 126 cm³/mol. The van der Waals surface area contributed by atoms with E-state index in [1.807, 2.05) is 14.7 Å². The number of hydrogen-bond donors (Lipinski definition) is 2. The number of nitrogens with zero attached hydrogens (tertiary/aromatic N) is 3. The molecule has 4 amide bonds. The number of likely N-dealkylation sites (tertiary alicyclic amines) is 1. The fourth-order valence-corrected chi connectivity index (χ4v) is 6.12. The Bertz CT molecular complexity index is 961. The maximum absolute atomic E-state index is 13.4. The third-order valence-corrected chi connectivity index (χ3v) is 7.99. The van der Waals surface area contributed by atoms with Crippen molar-refractivity contribution in [3.63, 3.8) is 0 Å². The highest BCUT2D eigenvalue weighted by molar-refractivity contribution is 5.92. The molecule has 10 heteroatoms. The topological polar surface area (TPSA) is 115 Å². The number of aromatic nitrogens is 1. The van der Waals surface area contributed by atoms with Gasteiger partial charge in [-0.05, 0) is 44.2 Å². The lowest BCUT2D eigenvalue weighted by Crippen LogP contribution is -2.62. The first-order valence-electron chi connectivity index (χ1n) is 12.9. The summed E-state index contributed by atoms with van der Waals surface area (Å²) in [7, 11) is 0. The normalized spacial score (nSPS) is 28.8. The van der Waals surface area contributed by atoms with E-state index in [0.29, 0.717) is 57.5 Å². The predicted octanol–water partition coefficient (Wildman–Crippen LogP) is 0.756. The van der Waals surface area contributed by atoms with Crippen molar-refractivity contribution in [3.05, 3.63) is 24.0 Å². The second-order valence-corrected chi connectivity index (χ2v) is 10.3. The maximum atomic E-state index is 13.4. The van der Waals surface area contributed by atoms with Gasteiger partial charge in [0.2, 0.25) is 17.7 Å². The summed E-state index contributed by atoms with van der Waals surface area (Å²) in [4.78, 5) is 59.0. The molecule has 35 heavy (non-hydrogen) atoms. The van der Waals surface area contributed by atoms with Crippen LogP contribution < -0.4 is 5.32 Å². The van der Waals surface area contributed by atoms with Gasteiger partial charge in [-0.25, -0.2) is 0 Å². The minimum atomic E-state index is -0.546. The van der Waals surface area contributed by atoms with Crippen LogP contribution in [0.25, 0.3) is 0 Å². The Morgan fingerprint density at radius 2 is 2.00 bits per heavy atom. The molecule has 1 spiro atoms. The van der Waals surface area contributed by atoms with Crippen molar-refractivity contribution < 1.29 is 23.9 Å². The van der Waals surface area contributed by atoms with E-state index in [-0.39, 0.29) is 42.5 Å². The van der Waals surface area contributed by atoms with Gasteiger partial charge in [0, 0.05) is 51.3 Å². The number of fused-ring (bicyclic) bond motifs is 1. The van der Waals surface area contributed by atoms with Crippen LogP contribution in [0.3, 0.4) is 0 Å². The van der Waals surface area contributed by atoms with E-state index in [4.69, 9.17) is 4.74 Å². The molecule has 0 aromatic carbocycles. The summed E-state index contributed by atoms with van der Waals surface area (Å²) < 4.78 is 6.21. The van der Waals surface area contributed by atoms with E-state index in [0.717, 1.165) is 32.1 Å². The third kappa shape index (κ3) is 5.07. The number of amides is 4. The molecule has 3 atom stereocenters. The molecule has 2 N–H and O–H groups in total. The van der Waals surface area contributed by atoms with Crippen molar-refractivity contribution in [2.45, 2.75) is 56.6 Å². The molecule has 4 aliphatic heterocycles. The number of hydrogen-bond acceptors (Lipinski definition) is 5. The second kappa shape index (κ2) is 10.0. The zero-order valence-corrected chi connectivity index (χ0v) is 20.2. The number of nitrogens with one attached hydrogen (secondary N) is 2. The summed E-state index contributed by atoms with van der Waals surface area (Å²) in [6.45, 7) is 3.38. The van der Waals surface area contributed by atoms with Crippen LogP contribution in [0.15, 0.2) is 18.3 Å². The molecule has 5 rings (SSSR count). The number of ether oxygens (including phenoxy) is 1. The van der Waals surface area contributed by atoms with Crippen LogP contribution in [0.4, 0.5) is 0 Å². The Labute approximate surface area is 205 Å². The number of piperidine rings is 2. The van der Waals surface area contributed by atoms with Gasteiger partial charge in [-0.1, -0.05) is 0 Å². The number of H-pyrrole nitrogens is 1. The Morgan fingerprint density at radius 3 is 2.83 bits per heavy atom. The summed E-state index contributed by atoms with van der Waals surface area (Å²) in [6, 6.07) is 3.75. The summed E-state index contributed by atoms with van der Waals surface area (Å²) >= 11 is 0. The molecule has 5 heterocycles. The van der Waals surface area contributed by atoms with E-state index in [1.165, 1.54) is 0 Å². The average Bonchev–Trinajstić information content (AvgIpc) is 3.54. The molecule has 0 radical (unpaired) electrons. The Hall–Kier alpha value is -2.88. The summed E-state index contributed by atoms with van der Waals surface area (Å²) in [5, 5.41) is 2.77. The maximum Gasteiger partial charge on any atom is 0.267 e. The number of aromatic amines is 1. The molecule has 0 saturated carbocycles. The van der Waals surface area contributed by atoms with E-state index < -0.39 is 5.60 Å². The summed E-state index contributed by atoms with van der Waals surface area (Å²) in [5.41, 5.74) is -0.0759. The fraction of sp³-hybridized carbons (Fsp3) is 0.680. The molecule has 190 valence electrons. The third-order valence-electron chi connectivity index (χ3n) is 7.99. The number of carbonyl (C=O) groups is 4. The van der Waals surface area contributed by atoms with Crippen LogP contribution >= 0.6 is 0 Å². The second-order valence-electron chi connectivity index (χ2n) is 10.3. The van der Waals surface area contributed by atoms with E-state index in [2.05, 4.69) is 10.3 Å². The zero-order valence-electron chi connectivity index (χ0n) is 20.2. The highest BCUT2D eigenvalue weighted by atomic mass is 16.5. The van der Waals surface area contributed by atoms with Crippen molar-refractivity contribution in [2.75, 3.05) is 45.9 Å². The average molecular weight is 486 g/mol. The van der Waals surface area contributed by atoms with E-state index >= 15 is 0 Å². The van der Waals surface area contributed by atoms with Gasteiger partial charge in [0.15, 0.2) is 0 Å². The van der Waals surface area contributed by atoms with Gasteiger partial charge in [-0.2, -0.15) is 0 Å². The number of carbonyl (C=O) groups excluding carboxylic acids is 4. The molecule has 3 unspecified atom stereocenters. The molecular weight excluding hydrogens is 450 g/mol. The smallest absolute Gasteiger partial charge is 0.267 e. The Kier molecular flexibility index (Phi) is 6.82. The highest BCUT2D eigenvalue weighted by Crippen LogP contribution is 2.34. The van der Waals surface area contributed by atoms with Crippen molar-refractivity contribution in [1.82, 2.24) is 25.0 Å². The first-order valence-corrected chi connectivity index (χ1v) is 12.9. The molecule has 1 aromatic rings. The van der Waals surface area contributed by atoms with Crippen molar-refractivity contribution in [2.24, 2.45) is 5.92 Å². The van der Waals surface area contributed by atoms with Gasteiger partial charge in [-0.15, -0.1) is 0 Å². The monoisotopic (exact) mass is 485 g/mol. The van der Waals surface area contributed by atoms with Crippen LogP contribution in [0.2, 0.25) is 0 Å². The van der Waals surface area contributed by atoms with Crippen LogP contribution in [0.1, 0.15) is 55.4 Å². The molecule has 0 bridgehead atoms. The van der Waals surface area contributed by atoms with Crippen molar-refractivity contribution in [1.29, 1.82) is 0 Å². The molecule has 4 fully saturated rings. The SMILES string of the molecule is O=C(NCCC(=O)N1CCOC2(CCCN(C(=O)C3CCC4CCC(=O)N4C3)C2)C1)c1ccc[nH]1. The number of morpholine rings is 1. The Morgan fingerprint density at radius 1 is 1.14 bits per heavy atom. The lowest BCUT2D eigenvalue weighted by Gasteiger charge is -2.49. The van der Waals surface area contributed by atoms with Gasteiger partial charge in [0.05, 0.1) is 25.6 Å². The number of rotatable bonds is 5. The largest absolute Gasteiger partial charge is 0.369 e. The quantitative estimate of drug-likeness (QED) is 0.639. The van der Waals surface area contributed by atoms with Crippen LogP contribution in [0.5, 0.6) is 0 Å². The van der Waals surface area contributed by atoms with Crippen LogP contribution in [-0.4, -0.2) is 101 Å². The molecule has 0 aliphatic carbocycles. The standard InChI is InChI=1S/C25H35N5O5/c31-21(8-11-27-23(33)20-3-1-10-26-20)28-13-14-35-25(16-28)9-2-12-29(17-25)24(34)18-4-5-19-6-7-22(32)30(19)15-18/h1,3,10,18-19,26H,2,4-9,11-17H2,(H,27,33). The molecular formula is C25H35N5O5. The summed E-state index contributed by atoms with van der Waals surface area (Å²) in [6.07, 6.45) is 6.79.